The standard InChI is InChI=1S/C20H20ClF3O8S/c21-14-6-3-11(19-18(28)17(27)16(26)15(9-25)31-19)8-12(14)7-10-1-4-13(5-2-10)32-33(29,30)20(22,23)24/h1-6,8,15-19,25-28H,7,9H2/t15-,16-,17+,18-,19?/m1/s1. The zero-order valence-corrected chi connectivity index (χ0v) is 18.3. The van der Waals surface area contributed by atoms with Crippen molar-refractivity contribution in [2.45, 2.75) is 42.4 Å². The third-order valence-electron chi connectivity index (χ3n) is 5.10. The summed E-state index contributed by atoms with van der Waals surface area (Å²) in [5.74, 6) is -0.516. The van der Waals surface area contributed by atoms with Crippen LogP contribution >= 0.6 is 11.6 Å². The first-order valence-corrected chi connectivity index (χ1v) is 11.3. The van der Waals surface area contributed by atoms with Crippen LogP contribution in [0, 0.1) is 0 Å². The minimum Gasteiger partial charge on any atom is -0.394 e. The molecule has 8 nitrogen and oxygen atoms in total. The van der Waals surface area contributed by atoms with Crippen LogP contribution in [0.1, 0.15) is 22.8 Å². The molecule has 0 spiro atoms. The molecular weight excluding hydrogens is 493 g/mol. The first-order chi connectivity index (χ1) is 15.3. The second-order valence-corrected chi connectivity index (χ2v) is 9.35. The van der Waals surface area contributed by atoms with Crippen molar-refractivity contribution in [3.05, 3.63) is 64.2 Å². The number of halogens is 4. The summed E-state index contributed by atoms with van der Waals surface area (Å²) < 4.78 is 69.1. The Kier molecular flexibility index (Phi) is 7.58. The SMILES string of the molecule is O=S(=O)(Oc1ccc(Cc2cc(C3O[C@H](CO)[C@@H](O)[C@H](O)[C@H]3O)ccc2Cl)cc1)C(F)(F)F. The lowest BCUT2D eigenvalue weighted by atomic mass is 9.90. The van der Waals surface area contributed by atoms with Crippen molar-refractivity contribution in [1.29, 1.82) is 0 Å². The van der Waals surface area contributed by atoms with Gasteiger partial charge in [0.05, 0.1) is 6.61 Å². The Morgan fingerprint density at radius 2 is 1.64 bits per heavy atom. The fourth-order valence-corrected chi connectivity index (χ4v) is 3.98. The zero-order chi connectivity index (χ0) is 24.6. The van der Waals surface area contributed by atoms with E-state index in [1.165, 1.54) is 24.3 Å². The summed E-state index contributed by atoms with van der Waals surface area (Å²) in [5, 5.41) is 39.9. The summed E-state index contributed by atoms with van der Waals surface area (Å²) in [6.45, 7) is -0.583. The monoisotopic (exact) mass is 512 g/mol. The van der Waals surface area contributed by atoms with Gasteiger partial charge in [-0.05, 0) is 41.3 Å². The van der Waals surface area contributed by atoms with Crippen LogP contribution < -0.4 is 4.18 Å². The van der Waals surface area contributed by atoms with Gasteiger partial charge in [0.1, 0.15) is 36.3 Å². The van der Waals surface area contributed by atoms with Crippen molar-refractivity contribution < 1.29 is 50.9 Å². The molecule has 2 aromatic rings. The van der Waals surface area contributed by atoms with Gasteiger partial charge in [-0.3, -0.25) is 0 Å². The maximum absolute atomic E-state index is 12.4. The molecule has 182 valence electrons. The van der Waals surface area contributed by atoms with Crippen LogP contribution in [0.25, 0.3) is 0 Å². The highest BCUT2D eigenvalue weighted by Gasteiger charge is 2.48. The molecule has 1 aliphatic rings. The lowest BCUT2D eigenvalue weighted by molar-refractivity contribution is -0.231. The Labute approximate surface area is 191 Å². The minimum absolute atomic E-state index is 0.177. The Morgan fingerprint density at radius 1 is 1.00 bits per heavy atom. The molecule has 1 saturated heterocycles. The highest BCUT2D eigenvalue weighted by Crippen LogP contribution is 2.34. The van der Waals surface area contributed by atoms with Crippen LogP contribution in [0.15, 0.2) is 42.5 Å². The number of ether oxygens (including phenoxy) is 1. The van der Waals surface area contributed by atoms with Gasteiger partial charge in [0.15, 0.2) is 0 Å². The fourth-order valence-electron chi connectivity index (χ4n) is 3.34. The fraction of sp³-hybridized carbons (Fsp3) is 0.400. The summed E-state index contributed by atoms with van der Waals surface area (Å²) in [5.41, 5.74) is -4.06. The maximum atomic E-state index is 12.4. The molecule has 1 fully saturated rings. The van der Waals surface area contributed by atoms with E-state index < -0.39 is 58.5 Å². The first kappa shape index (κ1) is 25.7. The smallest absolute Gasteiger partial charge is 0.394 e. The van der Waals surface area contributed by atoms with E-state index in [4.69, 9.17) is 16.3 Å². The van der Waals surface area contributed by atoms with E-state index in [1.54, 1.807) is 6.07 Å². The highest BCUT2D eigenvalue weighted by atomic mass is 35.5. The molecule has 0 aliphatic carbocycles. The topological polar surface area (TPSA) is 134 Å². The predicted molar refractivity (Wildman–Crippen MR) is 109 cm³/mol. The zero-order valence-electron chi connectivity index (χ0n) is 16.7. The molecule has 2 aromatic carbocycles. The molecule has 33 heavy (non-hydrogen) atoms. The van der Waals surface area contributed by atoms with Gasteiger partial charge in [-0.25, -0.2) is 0 Å². The molecule has 0 radical (unpaired) electrons. The number of alkyl halides is 3. The molecule has 5 atom stereocenters. The summed E-state index contributed by atoms with van der Waals surface area (Å²) in [7, 11) is -5.78. The lowest BCUT2D eigenvalue weighted by Gasteiger charge is -2.40. The van der Waals surface area contributed by atoms with Gasteiger partial charge < -0.3 is 29.3 Å². The highest BCUT2D eigenvalue weighted by molar-refractivity contribution is 7.88. The second kappa shape index (κ2) is 9.74. The Morgan fingerprint density at radius 3 is 2.21 bits per heavy atom. The average Bonchev–Trinajstić information content (AvgIpc) is 2.74. The molecule has 1 heterocycles. The average molecular weight is 513 g/mol. The van der Waals surface area contributed by atoms with Crippen molar-refractivity contribution in [1.82, 2.24) is 0 Å². The molecule has 1 aliphatic heterocycles. The van der Waals surface area contributed by atoms with Crippen LogP contribution in [-0.4, -0.2) is 65.4 Å². The van der Waals surface area contributed by atoms with Crippen LogP contribution in [0.2, 0.25) is 5.02 Å². The molecular formula is C20H20ClF3O8S. The molecule has 0 aromatic heterocycles. The first-order valence-electron chi connectivity index (χ1n) is 9.52. The quantitative estimate of drug-likeness (QED) is 0.339. The van der Waals surface area contributed by atoms with Crippen molar-refractivity contribution >= 4 is 21.7 Å². The molecule has 4 N–H and O–H groups in total. The van der Waals surface area contributed by atoms with Gasteiger partial charge >= 0.3 is 15.6 Å². The van der Waals surface area contributed by atoms with Gasteiger partial charge in [-0.2, -0.15) is 21.6 Å². The van der Waals surface area contributed by atoms with Gasteiger partial charge in [-0.1, -0.05) is 35.9 Å². The summed E-state index contributed by atoms with van der Waals surface area (Å²) in [6, 6.07) is 9.48. The van der Waals surface area contributed by atoms with Crippen molar-refractivity contribution in [2.75, 3.05) is 6.61 Å². The van der Waals surface area contributed by atoms with E-state index in [0.717, 1.165) is 12.1 Å². The van der Waals surface area contributed by atoms with E-state index >= 15 is 0 Å². The van der Waals surface area contributed by atoms with Gasteiger partial charge in [0, 0.05) is 5.02 Å². The maximum Gasteiger partial charge on any atom is 0.534 e. The number of aliphatic hydroxyl groups is 4. The van der Waals surface area contributed by atoms with E-state index in [2.05, 4.69) is 4.18 Å². The van der Waals surface area contributed by atoms with Crippen LogP contribution in [0.3, 0.4) is 0 Å². The second-order valence-electron chi connectivity index (χ2n) is 7.40. The van der Waals surface area contributed by atoms with Crippen molar-refractivity contribution in [3.63, 3.8) is 0 Å². The van der Waals surface area contributed by atoms with E-state index in [1.807, 2.05) is 0 Å². The number of rotatable bonds is 6. The summed E-state index contributed by atoms with van der Waals surface area (Å²) >= 11 is 6.24. The molecule has 13 heteroatoms. The predicted octanol–water partition coefficient (Wildman–Crippen LogP) is 1.67. The molecule has 1 unspecified atom stereocenters. The number of hydrogen-bond donors (Lipinski definition) is 4. The lowest BCUT2D eigenvalue weighted by Crippen LogP contribution is -2.55. The largest absolute Gasteiger partial charge is 0.534 e. The van der Waals surface area contributed by atoms with Gasteiger partial charge in [-0.15, -0.1) is 0 Å². The molecule has 0 bridgehead atoms. The van der Waals surface area contributed by atoms with E-state index in [-0.39, 0.29) is 6.42 Å². The Balaban J connectivity index is 1.79. The summed E-state index contributed by atoms with van der Waals surface area (Å²) in [6.07, 6.45) is -6.52. The third kappa shape index (κ3) is 5.60. The molecule has 3 rings (SSSR count). The minimum atomic E-state index is -5.78. The third-order valence-corrected chi connectivity index (χ3v) is 6.45. The number of aliphatic hydroxyl groups excluding tert-OH is 4. The van der Waals surface area contributed by atoms with Crippen LogP contribution in [0.4, 0.5) is 13.2 Å². The summed E-state index contributed by atoms with van der Waals surface area (Å²) in [4.78, 5) is 0. The van der Waals surface area contributed by atoms with Crippen LogP contribution in [-0.2, 0) is 21.3 Å². The Hall–Kier alpha value is -1.93. The van der Waals surface area contributed by atoms with Gasteiger partial charge in [0.2, 0.25) is 0 Å². The van der Waals surface area contributed by atoms with Gasteiger partial charge in [0.25, 0.3) is 0 Å². The van der Waals surface area contributed by atoms with E-state index in [0.29, 0.717) is 21.7 Å². The normalized spacial score (nSPS) is 26.2. The molecule has 0 saturated carbocycles. The van der Waals surface area contributed by atoms with Crippen LogP contribution in [0.5, 0.6) is 5.75 Å². The number of benzene rings is 2. The van der Waals surface area contributed by atoms with Crippen molar-refractivity contribution in [3.8, 4) is 5.75 Å². The number of hydrogen-bond acceptors (Lipinski definition) is 8. The Bertz CT molecular complexity index is 1080. The van der Waals surface area contributed by atoms with E-state index in [9.17, 15) is 42.0 Å². The van der Waals surface area contributed by atoms with Crippen molar-refractivity contribution in [2.24, 2.45) is 0 Å². The molecule has 0 amide bonds.